The molecule has 0 unspecified atom stereocenters. The standard InChI is InChI=1S/C10H11ClOS/c1-6-4-9(13-10(6)11)8(12)5-7-2-3-7/h4,7H,2-3,5H2,1H3. The van der Waals surface area contributed by atoms with Crippen molar-refractivity contribution in [3.63, 3.8) is 0 Å². The lowest BCUT2D eigenvalue weighted by Gasteiger charge is -1.92. The van der Waals surface area contributed by atoms with Gasteiger partial charge in [0.2, 0.25) is 0 Å². The van der Waals surface area contributed by atoms with Crippen LogP contribution in [0.5, 0.6) is 0 Å². The Bertz CT molecular complexity index is 319. The van der Waals surface area contributed by atoms with Crippen molar-refractivity contribution in [1.82, 2.24) is 0 Å². The molecule has 1 aromatic heterocycles. The summed E-state index contributed by atoms with van der Waals surface area (Å²) in [6.07, 6.45) is 3.17. The third-order valence-corrected chi connectivity index (χ3v) is 3.90. The Hall–Kier alpha value is -0.340. The van der Waals surface area contributed by atoms with Crippen LogP contribution in [0.3, 0.4) is 0 Å². The summed E-state index contributed by atoms with van der Waals surface area (Å²) in [5.41, 5.74) is 1.02. The zero-order valence-corrected chi connectivity index (χ0v) is 9.04. The van der Waals surface area contributed by atoms with E-state index in [1.165, 1.54) is 24.2 Å². The summed E-state index contributed by atoms with van der Waals surface area (Å²) in [5, 5.41) is 0. The Morgan fingerprint density at radius 3 is 2.85 bits per heavy atom. The van der Waals surface area contributed by atoms with Gasteiger partial charge in [-0.05, 0) is 37.3 Å². The number of aryl methyl sites for hydroxylation is 1. The molecule has 2 rings (SSSR count). The average Bonchev–Trinajstić information content (AvgIpc) is 2.81. The second-order valence-electron chi connectivity index (χ2n) is 3.64. The molecule has 0 N–H and O–H groups in total. The van der Waals surface area contributed by atoms with Gasteiger partial charge in [-0.25, -0.2) is 0 Å². The Balaban J connectivity index is 2.09. The molecule has 1 heterocycles. The third kappa shape index (κ3) is 2.12. The van der Waals surface area contributed by atoms with Gasteiger partial charge in [0.1, 0.15) is 0 Å². The minimum absolute atomic E-state index is 0.266. The molecule has 1 aromatic rings. The van der Waals surface area contributed by atoms with E-state index in [2.05, 4.69) is 0 Å². The Kier molecular flexibility index (Phi) is 2.43. The van der Waals surface area contributed by atoms with Crippen LogP contribution in [0.1, 0.15) is 34.5 Å². The molecule has 70 valence electrons. The average molecular weight is 215 g/mol. The third-order valence-electron chi connectivity index (χ3n) is 2.30. The molecule has 0 atom stereocenters. The number of Topliss-reactive ketones (excluding diaryl/α,β-unsaturated/α-hetero) is 1. The first-order valence-electron chi connectivity index (χ1n) is 4.46. The highest BCUT2D eigenvalue weighted by molar-refractivity contribution is 7.18. The van der Waals surface area contributed by atoms with Gasteiger partial charge in [-0.15, -0.1) is 11.3 Å². The number of halogens is 1. The minimum atomic E-state index is 0.266. The lowest BCUT2D eigenvalue weighted by Crippen LogP contribution is -1.96. The number of carbonyl (C=O) groups is 1. The van der Waals surface area contributed by atoms with E-state index in [0.717, 1.165) is 21.2 Å². The first-order chi connectivity index (χ1) is 6.16. The monoisotopic (exact) mass is 214 g/mol. The molecule has 0 radical (unpaired) electrons. The molecule has 1 aliphatic carbocycles. The molecular weight excluding hydrogens is 204 g/mol. The summed E-state index contributed by atoms with van der Waals surface area (Å²) >= 11 is 7.30. The fourth-order valence-corrected chi connectivity index (χ4v) is 2.43. The van der Waals surface area contributed by atoms with Crippen molar-refractivity contribution in [1.29, 1.82) is 0 Å². The van der Waals surface area contributed by atoms with Crippen molar-refractivity contribution in [3.05, 3.63) is 20.8 Å². The lowest BCUT2D eigenvalue weighted by atomic mass is 10.1. The first kappa shape index (κ1) is 9.22. The van der Waals surface area contributed by atoms with Gasteiger partial charge in [0, 0.05) is 6.42 Å². The van der Waals surface area contributed by atoms with Gasteiger partial charge < -0.3 is 0 Å². The van der Waals surface area contributed by atoms with Gasteiger partial charge >= 0.3 is 0 Å². The van der Waals surface area contributed by atoms with Crippen molar-refractivity contribution >= 4 is 28.7 Å². The largest absolute Gasteiger partial charge is 0.293 e. The highest BCUT2D eigenvalue weighted by Gasteiger charge is 2.25. The van der Waals surface area contributed by atoms with Crippen molar-refractivity contribution in [2.45, 2.75) is 26.2 Å². The summed E-state index contributed by atoms with van der Waals surface area (Å²) < 4.78 is 0.749. The van der Waals surface area contributed by atoms with E-state index in [1.807, 2.05) is 13.0 Å². The van der Waals surface area contributed by atoms with Crippen molar-refractivity contribution < 1.29 is 4.79 Å². The molecular formula is C10H11ClOS. The zero-order chi connectivity index (χ0) is 9.42. The lowest BCUT2D eigenvalue weighted by molar-refractivity contribution is 0.0980. The second-order valence-corrected chi connectivity index (χ2v) is 5.29. The fraction of sp³-hybridized carbons (Fsp3) is 0.500. The van der Waals surface area contributed by atoms with Crippen LogP contribution in [0.4, 0.5) is 0 Å². The van der Waals surface area contributed by atoms with Crippen LogP contribution in [-0.4, -0.2) is 5.78 Å². The normalized spacial score (nSPS) is 16.2. The number of ketones is 1. The van der Waals surface area contributed by atoms with Crippen LogP contribution >= 0.6 is 22.9 Å². The molecule has 3 heteroatoms. The van der Waals surface area contributed by atoms with Crippen LogP contribution in [0.25, 0.3) is 0 Å². The maximum atomic E-state index is 11.6. The fourth-order valence-electron chi connectivity index (χ4n) is 1.28. The van der Waals surface area contributed by atoms with E-state index in [9.17, 15) is 4.79 Å². The molecule has 0 bridgehead atoms. The van der Waals surface area contributed by atoms with E-state index < -0.39 is 0 Å². The summed E-state index contributed by atoms with van der Waals surface area (Å²) in [6.45, 7) is 1.94. The van der Waals surface area contributed by atoms with Crippen molar-refractivity contribution in [2.75, 3.05) is 0 Å². The smallest absolute Gasteiger partial charge is 0.173 e. The molecule has 0 aromatic carbocycles. The van der Waals surface area contributed by atoms with E-state index in [4.69, 9.17) is 11.6 Å². The van der Waals surface area contributed by atoms with Crippen LogP contribution in [0.2, 0.25) is 4.34 Å². The van der Waals surface area contributed by atoms with Crippen LogP contribution < -0.4 is 0 Å². The number of hydrogen-bond donors (Lipinski definition) is 0. The van der Waals surface area contributed by atoms with Crippen molar-refractivity contribution in [3.8, 4) is 0 Å². The molecule has 0 saturated heterocycles. The molecule has 1 saturated carbocycles. The minimum Gasteiger partial charge on any atom is -0.293 e. The maximum absolute atomic E-state index is 11.6. The summed E-state index contributed by atoms with van der Waals surface area (Å²) in [4.78, 5) is 12.4. The van der Waals surface area contributed by atoms with E-state index >= 15 is 0 Å². The second kappa shape index (κ2) is 3.43. The zero-order valence-electron chi connectivity index (χ0n) is 7.47. The summed E-state index contributed by atoms with van der Waals surface area (Å²) in [7, 11) is 0. The predicted octanol–water partition coefficient (Wildman–Crippen LogP) is 3.69. The van der Waals surface area contributed by atoms with E-state index in [1.54, 1.807) is 0 Å². The highest BCUT2D eigenvalue weighted by Crippen LogP contribution is 2.35. The number of rotatable bonds is 3. The molecule has 13 heavy (non-hydrogen) atoms. The van der Waals surface area contributed by atoms with Gasteiger partial charge in [-0.1, -0.05) is 11.6 Å². The molecule has 1 aliphatic rings. The van der Waals surface area contributed by atoms with Gasteiger partial charge in [-0.2, -0.15) is 0 Å². The SMILES string of the molecule is Cc1cc(C(=O)CC2CC2)sc1Cl. The molecule has 1 fully saturated rings. The molecule has 0 aliphatic heterocycles. The topological polar surface area (TPSA) is 17.1 Å². The van der Waals surface area contributed by atoms with Crippen LogP contribution in [0, 0.1) is 12.8 Å². The van der Waals surface area contributed by atoms with Gasteiger partial charge in [0.15, 0.2) is 5.78 Å². The number of thiophene rings is 1. The first-order valence-corrected chi connectivity index (χ1v) is 5.65. The number of hydrogen-bond acceptors (Lipinski definition) is 2. The van der Waals surface area contributed by atoms with Crippen LogP contribution in [0.15, 0.2) is 6.07 Å². The quantitative estimate of drug-likeness (QED) is 0.702. The van der Waals surface area contributed by atoms with E-state index in [-0.39, 0.29) is 5.78 Å². The van der Waals surface area contributed by atoms with Crippen molar-refractivity contribution in [2.24, 2.45) is 5.92 Å². The predicted molar refractivity (Wildman–Crippen MR) is 55.7 cm³/mol. The maximum Gasteiger partial charge on any atom is 0.173 e. The summed E-state index contributed by atoms with van der Waals surface area (Å²) in [5.74, 6) is 0.927. The molecule has 1 nitrogen and oxygen atoms in total. The van der Waals surface area contributed by atoms with Crippen LogP contribution in [-0.2, 0) is 0 Å². The van der Waals surface area contributed by atoms with E-state index in [0.29, 0.717) is 5.92 Å². The van der Waals surface area contributed by atoms with Gasteiger partial charge in [-0.3, -0.25) is 4.79 Å². The highest BCUT2D eigenvalue weighted by atomic mass is 35.5. The molecule has 0 spiro atoms. The Morgan fingerprint density at radius 2 is 2.38 bits per heavy atom. The molecule has 0 amide bonds. The number of carbonyl (C=O) groups excluding carboxylic acids is 1. The summed E-state index contributed by atoms with van der Waals surface area (Å²) in [6, 6.07) is 1.90. The van der Waals surface area contributed by atoms with Gasteiger partial charge in [0.05, 0.1) is 9.21 Å². The Labute approximate surface area is 86.7 Å². The van der Waals surface area contributed by atoms with Gasteiger partial charge in [0.25, 0.3) is 0 Å². The Morgan fingerprint density at radius 1 is 1.69 bits per heavy atom.